The Morgan fingerprint density at radius 1 is 1.17 bits per heavy atom. The number of nitrogens with one attached hydrogen (secondary N) is 1. The molecule has 0 aliphatic carbocycles. The highest BCUT2D eigenvalue weighted by atomic mass is 16.6. The van der Waals surface area contributed by atoms with Crippen LogP contribution >= 0.6 is 0 Å². The van der Waals surface area contributed by atoms with Crippen LogP contribution in [0.5, 0.6) is 0 Å². The lowest BCUT2D eigenvalue weighted by Gasteiger charge is -2.24. The molecular weight excluding hydrogens is 378 g/mol. The van der Waals surface area contributed by atoms with E-state index in [4.69, 9.17) is 10.00 Å². The summed E-state index contributed by atoms with van der Waals surface area (Å²) >= 11 is 0. The normalized spacial score (nSPS) is 20.5. The van der Waals surface area contributed by atoms with Gasteiger partial charge in [-0.3, -0.25) is 4.79 Å². The molecule has 4 rings (SSSR count). The van der Waals surface area contributed by atoms with Crippen LogP contribution in [0.1, 0.15) is 48.2 Å². The van der Waals surface area contributed by atoms with Gasteiger partial charge in [-0.1, -0.05) is 24.3 Å². The molecule has 0 saturated carbocycles. The fourth-order valence-electron chi connectivity index (χ4n) is 4.25. The molecule has 2 aromatic carbocycles. The third kappa shape index (κ3) is 3.88. The molecule has 6 nitrogen and oxygen atoms in total. The van der Waals surface area contributed by atoms with Gasteiger partial charge in [0.15, 0.2) is 0 Å². The fourth-order valence-corrected chi connectivity index (χ4v) is 4.25. The molecule has 2 amide bonds. The quantitative estimate of drug-likeness (QED) is 0.782. The van der Waals surface area contributed by atoms with Gasteiger partial charge >= 0.3 is 6.09 Å². The highest BCUT2D eigenvalue weighted by Gasteiger charge is 2.41. The van der Waals surface area contributed by atoms with E-state index in [0.29, 0.717) is 30.8 Å². The number of rotatable bonds is 1. The Bertz CT molecular complexity index is 1050. The van der Waals surface area contributed by atoms with E-state index in [2.05, 4.69) is 11.4 Å². The zero-order valence-electron chi connectivity index (χ0n) is 17.4. The number of nitriles is 1. The molecule has 1 fully saturated rings. The number of hydrogen-bond acceptors (Lipinski definition) is 4. The van der Waals surface area contributed by atoms with E-state index >= 15 is 0 Å². The summed E-state index contributed by atoms with van der Waals surface area (Å²) in [5, 5.41) is 12.2. The predicted molar refractivity (Wildman–Crippen MR) is 113 cm³/mol. The Balaban J connectivity index is 1.65. The number of amides is 2. The summed E-state index contributed by atoms with van der Waals surface area (Å²) in [6.07, 6.45) is -0.312. The summed E-state index contributed by atoms with van der Waals surface area (Å²) in [6.45, 7) is 7.19. The number of nitrogens with zero attached hydrogens (tertiary/aromatic N) is 2. The minimum Gasteiger partial charge on any atom is -0.444 e. The Morgan fingerprint density at radius 3 is 2.67 bits per heavy atom. The number of fused-ring (bicyclic) bond motifs is 3. The largest absolute Gasteiger partial charge is 0.444 e. The highest BCUT2D eigenvalue weighted by Crippen LogP contribution is 2.38. The van der Waals surface area contributed by atoms with E-state index in [0.717, 1.165) is 16.7 Å². The molecule has 2 aliphatic rings. The van der Waals surface area contributed by atoms with Crippen molar-refractivity contribution in [3.05, 3.63) is 59.2 Å². The van der Waals surface area contributed by atoms with Crippen LogP contribution in [0, 0.1) is 17.2 Å². The van der Waals surface area contributed by atoms with Crippen molar-refractivity contribution in [2.24, 2.45) is 5.92 Å². The summed E-state index contributed by atoms with van der Waals surface area (Å²) in [5.41, 5.74) is 3.42. The summed E-state index contributed by atoms with van der Waals surface area (Å²) in [6, 6.07) is 15.4. The number of ether oxygens (including phenoxy) is 1. The molecule has 1 saturated heterocycles. The summed E-state index contributed by atoms with van der Waals surface area (Å²) < 4.78 is 5.54. The van der Waals surface area contributed by atoms with Gasteiger partial charge in [-0.2, -0.15) is 5.26 Å². The molecule has 2 atom stereocenters. The molecule has 1 N–H and O–H groups in total. The van der Waals surface area contributed by atoms with Gasteiger partial charge in [0.25, 0.3) is 5.91 Å². The third-order valence-corrected chi connectivity index (χ3v) is 5.64. The van der Waals surface area contributed by atoms with E-state index in [-0.39, 0.29) is 23.8 Å². The van der Waals surface area contributed by atoms with Crippen LogP contribution in [0.2, 0.25) is 0 Å². The van der Waals surface area contributed by atoms with Crippen LogP contribution in [0.15, 0.2) is 42.5 Å². The number of carbonyl (C=O) groups excluding carboxylic acids is 2. The second-order valence-electron chi connectivity index (χ2n) is 8.96. The average Bonchev–Trinajstić information content (AvgIpc) is 3.09. The molecule has 0 radical (unpaired) electrons. The monoisotopic (exact) mass is 403 g/mol. The second-order valence-corrected chi connectivity index (χ2v) is 8.96. The van der Waals surface area contributed by atoms with Crippen molar-refractivity contribution in [1.82, 2.24) is 10.2 Å². The molecule has 154 valence electrons. The number of likely N-dealkylation sites (tertiary alicyclic amines) is 1. The molecular formula is C24H25N3O3. The van der Waals surface area contributed by atoms with Gasteiger partial charge in [-0.15, -0.1) is 0 Å². The molecule has 30 heavy (non-hydrogen) atoms. The molecule has 0 bridgehead atoms. The molecule has 2 aliphatic heterocycles. The maximum atomic E-state index is 12.8. The smallest absolute Gasteiger partial charge is 0.410 e. The first-order valence-electron chi connectivity index (χ1n) is 10.2. The topological polar surface area (TPSA) is 82.4 Å². The van der Waals surface area contributed by atoms with E-state index in [9.17, 15) is 9.59 Å². The Hall–Kier alpha value is -3.33. The van der Waals surface area contributed by atoms with Crippen molar-refractivity contribution in [2.45, 2.75) is 32.3 Å². The first-order chi connectivity index (χ1) is 14.2. The molecule has 0 spiro atoms. The summed E-state index contributed by atoms with van der Waals surface area (Å²) in [4.78, 5) is 27.1. The highest BCUT2D eigenvalue weighted by molar-refractivity contribution is 5.97. The Morgan fingerprint density at radius 2 is 1.93 bits per heavy atom. The van der Waals surface area contributed by atoms with Crippen LogP contribution in [0.4, 0.5) is 4.79 Å². The van der Waals surface area contributed by atoms with Gasteiger partial charge in [-0.05, 0) is 55.7 Å². The maximum Gasteiger partial charge on any atom is 0.410 e. The SMILES string of the molecule is CC(C)(C)OC(=O)N1C[C@H]2CNC(=O)c3cc(-c4cccc(C#N)c4)ccc3[C@@H]2C1. The second kappa shape index (κ2) is 7.49. The fraction of sp³-hybridized carbons (Fsp3) is 0.375. The Kier molecular flexibility index (Phi) is 4.98. The van der Waals surface area contributed by atoms with Crippen LogP contribution in [0.25, 0.3) is 11.1 Å². The standard InChI is InChI=1S/C24H25N3O3/c1-24(2,3)30-23(29)27-13-18-12-26-22(28)20-10-17(7-8-19(20)21(18)14-27)16-6-4-5-15(9-16)11-25/h4-10,18,21H,12-14H2,1-3H3,(H,26,28)/t18-,21-/m1/s1. The van der Waals surface area contributed by atoms with Crippen molar-refractivity contribution in [1.29, 1.82) is 5.26 Å². The van der Waals surface area contributed by atoms with Crippen LogP contribution in [-0.4, -0.2) is 42.1 Å². The maximum absolute atomic E-state index is 12.8. The van der Waals surface area contributed by atoms with E-state index in [1.807, 2.05) is 57.2 Å². The van der Waals surface area contributed by atoms with E-state index in [1.54, 1.807) is 11.0 Å². The minimum atomic E-state index is -0.541. The number of hydrogen-bond donors (Lipinski definition) is 1. The number of benzene rings is 2. The van der Waals surface area contributed by atoms with Crippen LogP contribution < -0.4 is 5.32 Å². The van der Waals surface area contributed by atoms with Crippen molar-refractivity contribution < 1.29 is 14.3 Å². The molecule has 0 unspecified atom stereocenters. The predicted octanol–water partition coefficient (Wildman–Crippen LogP) is 3.92. The lowest BCUT2D eigenvalue weighted by atomic mass is 9.86. The zero-order valence-corrected chi connectivity index (χ0v) is 17.4. The van der Waals surface area contributed by atoms with Gasteiger partial charge in [0.1, 0.15) is 5.60 Å². The van der Waals surface area contributed by atoms with E-state index < -0.39 is 5.60 Å². The molecule has 2 aromatic rings. The van der Waals surface area contributed by atoms with Gasteiger partial charge in [0.05, 0.1) is 11.6 Å². The van der Waals surface area contributed by atoms with Crippen molar-refractivity contribution >= 4 is 12.0 Å². The third-order valence-electron chi connectivity index (χ3n) is 5.64. The average molecular weight is 403 g/mol. The van der Waals surface area contributed by atoms with Crippen molar-refractivity contribution in [3.63, 3.8) is 0 Å². The Labute approximate surface area is 176 Å². The lowest BCUT2D eigenvalue weighted by molar-refractivity contribution is 0.0287. The van der Waals surface area contributed by atoms with Gasteiger partial charge in [-0.25, -0.2) is 4.79 Å². The first kappa shape index (κ1) is 20.0. The number of carbonyl (C=O) groups is 2. The molecule has 0 aromatic heterocycles. The first-order valence-corrected chi connectivity index (χ1v) is 10.2. The van der Waals surface area contributed by atoms with Gasteiger partial charge < -0.3 is 15.0 Å². The van der Waals surface area contributed by atoms with Crippen molar-refractivity contribution in [3.8, 4) is 17.2 Å². The minimum absolute atomic E-state index is 0.0750. The summed E-state index contributed by atoms with van der Waals surface area (Å²) in [5.74, 6) is 0.128. The van der Waals surface area contributed by atoms with Gasteiger partial charge in [0, 0.05) is 37.0 Å². The lowest BCUT2D eigenvalue weighted by Crippen LogP contribution is -2.36. The summed E-state index contributed by atoms with van der Waals surface area (Å²) in [7, 11) is 0. The van der Waals surface area contributed by atoms with Crippen LogP contribution in [-0.2, 0) is 4.74 Å². The molecule has 6 heteroatoms. The van der Waals surface area contributed by atoms with Crippen molar-refractivity contribution in [2.75, 3.05) is 19.6 Å². The van der Waals surface area contributed by atoms with Crippen LogP contribution in [0.3, 0.4) is 0 Å². The van der Waals surface area contributed by atoms with Gasteiger partial charge in [0.2, 0.25) is 0 Å². The zero-order chi connectivity index (χ0) is 21.5. The molecule has 2 heterocycles. The van der Waals surface area contributed by atoms with E-state index in [1.165, 1.54) is 0 Å².